The molecule has 0 aliphatic carbocycles. The van der Waals surface area contributed by atoms with Crippen molar-refractivity contribution in [3.05, 3.63) is 64.0 Å². The van der Waals surface area contributed by atoms with Crippen LogP contribution in [-0.2, 0) is 21.4 Å². The van der Waals surface area contributed by atoms with E-state index in [1.54, 1.807) is 18.2 Å². The van der Waals surface area contributed by atoms with E-state index in [1.165, 1.54) is 10.4 Å². The Morgan fingerprint density at radius 3 is 2.16 bits per heavy atom. The van der Waals surface area contributed by atoms with Crippen LogP contribution in [0.1, 0.15) is 27.8 Å². The molecule has 3 rings (SSSR count). The van der Waals surface area contributed by atoms with E-state index in [9.17, 15) is 17.6 Å². The zero-order valence-electron chi connectivity index (χ0n) is 18.5. The number of benzene rings is 2. The second-order valence-corrected chi connectivity index (χ2v) is 10.0. The molecule has 2 aromatic rings. The van der Waals surface area contributed by atoms with Gasteiger partial charge in [-0.1, -0.05) is 24.3 Å². The fourth-order valence-electron chi connectivity index (χ4n) is 3.92. The fourth-order valence-corrected chi connectivity index (χ4v) is 5.92. The summed E-state index contributed by atoms with van der Waals surface area (Å²) >= 11 is 0. The molecule has 168 valence electrons. The number of amides is 1. The number of aryl methyl sites for hydroxylation is 2. The van der Waals surface area contributed by atoms with Gasteiger partial charge in [0.25, 0.3) is 0 Å². The highest BCUT2D eigenvalue weighted by atomic mass is 32.2. The lowest BCUT2D eigenvalue weighted by Crippen LogP contribution is -2.51. The molecule has 0 radical (unpaired) electrons. The van der Waals surface area contributed by atoms with Crippen LogP contribution in [0.3, 0.4) is 0 Å². The van der Waals surface area contributed by atoms with Crippen molar-refractivity contribution in [2.75, 3.05) is 32.7 Å². The minimum atomic E-state index is -3.61. The highest BCUT2D eigenvalue weighted by Crippen LogP contribution is 2.29. The van der Waals surface area contributed by atoms with Crippen molar-refractivity contribution in [1.82, 2.24) is 14.5 Å². The number of carbonyl (C=O) groups is 1. The van der Waals surface area contributed by atoms with Gasteiger partial charge in [-0.2, -0.15) is 4.31 Å². The molecule has 0 saturated carbocycles. The van der Waals surface area contributed by atoms with E-state index in [0.717, 1.165) is 22.3 Å². The Bertz CT molecular complexity index is 1050. The summed E-state index contributed by atoms with van der Waals surface area (Å²) in [6.45, 7) is 9.44. The van der Waals surface area contributed by atoms with Crippen LogP contribution < -0.4 is 5.32 Å². The lowest BCUT2D eigenvalue weighted by molar-refractivity contribution is -0.122. The van der Waals surface area contributed by atoms with Crippen molar-refractivity contribution in [1.29, 1.82) is 0 Å². The van der Waals surface area contributed by atoms with Crippen molar-refractivity contribution < 1.29 is 17.6 Å². The second kappa shape index (κ2) is 9.46. The van der Waals surface area contributed by atoms with Crippen molar-refractivity contribution in [3.8, 4) is 0 Å². The number of carbonyl (C=O) groups excluding carboxylic acids is 1. The summed E-state index contributed by atoms with van der Waals surface area (Å²) in [5.41, 5.74) is 3.95. The number of sulfonamides is 1. The van der Waals surface area contributed by atoms with Gasteiger partial charge in [-0.05, 0) is 56.0 Å². The average molecular weight is 448 g/mol. The van der Waals surface area contributed by atoms with Gasteiger partial charge in [-0.15, -0.1) is 0 Å². The Hall–Kier alpha value is -2.29. The Labute approximate surface area is 184 Å². The number of hydrogen-bond donors (Lipinski definition) is 1. The minimum Gasteiger partial charge on any atom is -0.351 e. The first kappa shape index (κ1) is 23.4. The number of nitrogens with zero attached hydrogens (tertiary/aromatic N) is 2. The zero-order valence-corrected chi connectivity index (χ0v) is 19.4. The third-order valence-electron chi connectivity index (χ3n) is 6.03. The number of hydrogen-bond acceptors (Lipinski definition) is 4. The Morgan fingerprint density at radius 2 is 1.58 bits per heavy atom. The first-order chi connectivity index (χ1) is 14.6. The van der Waals surface area contributed by atoms with Gasteiger partial charge in [-0.3, -0.25) is 9.69 Å². The van der Waals surface area contributed by atoms with E-state index >= 15 is 0 Å². The van der Waals surface area contributed by atoms with Crippen LogP contribution >= 0.6 is 0 Å². The maximum Gasteiger partial charge on any atom is 0.243 e. The highest BCUT2D eigenvalue weighted by molar-refractivity contribution is 7.89. The predicted octanol–water partition coefficient (Wildman–Crippen LogP) is 2.68. The fraction of sp³-hybridized carbons (Fsp3) is 0.435. The molecule has 1 aliphatic rings. The molecule has 0 unspecified atom stereocenters. The number of nitrogens with one attached hydrogen (secondary N) is 1. The van der Waals surface area contributed by atoms with Gasteiger partial charge in [0.05, 0.1) is 11.4 Å². The molecular weight excluding hydrogens is 417 g/mol. The molecule has 1 saturated heterocycles. The number of rotatable bonds is 6. The Kier molecular flexibility index (Phi) is 7.13. The molecule has 1 aliphatic heterocycles. The van der Waals surface area contributed by atoms with Crippen molar-refractivity contribution in [2.45, 2.75) is 39.1 Å². The Morgan fingerprint density at radius 1 is 1.00 bits per heavy atom. The van der Waals surface area contributed by atoms with Gasteiger partial charge in [0.15, 0.2) is 0 Å². The van der Waals surface area contributed by atoms with Crippen molar-refractivity contribution >= 4 is 15.9 Å². The highest BCUT2D eigenvalue weighted by Gasteiger charge is 2.32. The zero-order chi connectivity index (χ0) is 22.8. The molecular formula is C23H30FN3O3S. The monoisotopic (exact) mass is 447 g/mol. The van der Waals surface area contributed by atoms with Gasteiger partial charge >= 0.3 is 0 Å². The summed E-state index contributed by atoms with van der Waals surface area (Å²) in [6.07, 6.45) is 0. The number of halogens is 1. The molecule has 0 bridgehead atoms. The molecule has 1 amide bonds. The summed E-state index contributed by atoms with van der Waals surface area (Å²) < 4.78 is 41.9. The van der Waals surface area contributed by atoms with Crippen LogP contribution in [0.15, 0.2) is 35.2 Å². The lowest BCUT2D eigenvalue weighted by atomic mass is 10.0. The van der Waals surface area contributed by atoms with Crippen LogP contribution in [0, 0.1) is 33.5 Å². The Balaban J connectivity index is 1.59. The van der Waals surface area contributed by atoms with Crippen LogP contribution in [0.2, 0.25) is 0 Å². The smallest absolute Gasteiger partial charge is 0.243 e. The summed E-state index contributed by atoms with van der Waals surface area (Å²) in [4.78, 5) is 14.6. The van der Waals surface area contributed by atoms with E-state index in [0.29, 0.717) is 36.6 Å². The third kappa shape index (κ3) is 5.14. The SMILES string of the molecule is Cc1cc(C)c(C)c(S(=O)(=O)N2CCN(CC(=O)NCc3ccccc3F)CC2)c1C. The molecule has 1 heterocycles. The summed E-state index contributed by atoms with van der Waals surface area (Å²) in [7, 11) is -3.61. The number of piperazine rings is 1. The molecule has 31 heavy (non-hydrogen) atoms. The summed E-state index contributed by atoms with van der Waals surface area (Å²) in [5.74, 6) is -0.556. The van der Waals surface area contributed by atoms with Crippen LogP contribution in [0.25, 0.3) is 0 Å². The molecule has 0 spiro atoms. The van der Waals surface area contributed by atoms with Crippen LogP contribution in [0.4, 0.5) is 4.39 Å². The maximum atomic E-state index is 13.7. The van der Waals surface area contributed by atoms with Gasteiger partial charge in [0.1, 0.15) is 5.82 Å². The molecule has 0 aromatic heterocycles. The summed E-state index contributed by atoms with van der Waals surface area (Å²) in [5, 5.41) is 2.73. The van der Waals surface area contributed by atoms with Gasteiger partial charge in [0, 0.05) is 38.3 Å². The lowest BCUT2D eigenvalue weighted by Gasteiger charge is -2.34. The normalized spacial score (nSPS) is 15.8. The van der Waals surface area contributed by atoms with Crippen molar-refractivity contribution in [2.24, 2.45) is 0 Å². The first-order valence-electron chi connectivity index (χ1n) is 10.4. The van der Waals surface area contributed by atoms with Gasteiger partial charge < -0.3 is 5.32 Å². The summed E-state index contributed by atoms with van der Waals surface area (Å²) in [6, 6.07) is 8.34. The van der Waals surface area contributed by atoms with E-state index in [-0.39, 0.29) is 24.8 Å². The van der Waals surface area contributed by atoms with Gasteiger partial charge in [-0.25, -0.2) is 12.8 Å². The van der Waals surface area contributed by atoms with E-state index < -0.39 is 10.0 Å². The molecule has 8 heteroatoms. The maximum absolute atomic E-state index is 13.7. The van der Waals surface area contributed by atoms with E-state index in [2.05, 4.69) is 5.32 Å². The van der Waals surface area contributed by atoms with E-state index in [1.807, 2.05) is 38.7 Å². The quantitative estimate of drug-likeness (QED) is 0.739. The molecule has 6 nitrogen and oxygen atoms in total. The second-order valence-electron chi connectivity index (χ2n) is 8.14. The standard InChI is InChI=1S/C23H30FN3O3S/c1-16-13-17(2)19(4)23(18(16)3)31(29,30)27-11-9-26(10-12-27)15-22(28)25-14-20-7-5-6-8-21(20)24/h5-8,13H,9-12,14-15H2,1-4H3,(H,25,28). The van der Waals surface area contributed by atoms with Crippen molar-refractivity contribution in [3.63, 3.8) is 0 Å². The molecule has 0 atom stereocenters. The molecule has 1 N–H and O–H groups in total. The largest absolute Gasteiger partial charge is 0.351 e. The van der Waals surface area contributed by atoms with Gasteiger partial charge in [0.2, 0.25) is 15.9 Å². The average Bonchev–Trinajstić information content (AvgIpc) is 2.72. The molecule has 1 fully saturated rings. The predicted molar refractivity (Wildman–Crippen MR) is 119 cm³/mol. The van der Waals surface area contributed by atoms with Crippen LogP contribution in [0.5, 0.6) is 0 Å². The topological polar surface area (TPSA) is 69.7 Å². The first-order valence-corrected chi connectivity index (χ1v) is 11.8. The third-order valence-corrected chi connectivity index (χ3v) is 8.20. The minimum absolute atomic E-state index is 0.130. The molecule has 2 aromatic carbocycles. The van der Waals surface area contributed by atoms with E-state index in [4.69, 9.17) is 0 Å². The van der Waals surface area contributed by atoms with Crippen LogP contribution in [-0.4, -0.2) is 56.3 Å².